The van der Waals surface area contributed by atoms with Gasteiger partial charge in [0.05, 0.1) is 11.1 Å². The van der Waals surface area contributed by atoms with Gasteiger partial charge in [-0.1, -0.05) is 0 Å². The summed E-state index contributed by atoms with van der Waals surface area (Å²) < 4.78 is 0.907. The van der Waals surface area contributed by atoms with E-state index in [9.17, 15) is 0 Å². The molecule has 7 heavy (non-hydrogen) atoms. The number of aromatic nitrogens is 1. The van der Waals surface area contributed by atoms with E-state index in [1.807, 2.05) is 6.92 Å². The van der Waals surface area contributed by atoms with Crippen LogP contribution in [0.2, 0.25) is 0 Å². The summed E-state index contributed by atoms with van der Waals surface area (Å²) in [6.07, 6.45) is 0. The van der Waals surface area contributed by atoms with Crippen LogP contribution in [0.3, 0.4) is 0 Å². The summed E-state index contributed by atoms with van der Waals surface area (Å²) in [7, 11) is 0. The molecule has 1 rings (SSSR count). The number of nitrogens with zero attached hydrogens (tertiary/aromatic N) is 1. The second kappa shape index (κ2) is 1.92. The maximum atomic E-state index is 3.99. The third-order valence-electron chi connectivity index (χ3n) is 0.539. The van der Waals surface area contributed by atoms with Crippen molar-refractivity contribution in [2.75, 3.05) is 0 Å². The fourth-order valence-electron chi connectivity index (χ4n) is 0.293. The molecule has 0 unspecified atom stereocenters. The Hall–Kier alpha value is 0.110. The normalized spacial score (nSPS) is 9.43. The first-order valence-electron chi connectivity index (χ1n) is 1.79. The van der Waals surface area contributed by atoms with Gasteiger partial charge in [-0.15, -0.1) is 11.3 Å². The van der Waals surface area contributed by atoms with E-state index >= 15 is 0 Å². The van der Waals surface area contributed by atoms with Gasteiger partial charge in [0, 0.05) is 0 Å². The number of aryl methyl sites for hydroxylation is 1. The number of hydrogen-bond donors (Lipinski definition) is 0. The highest BCUT2D eigenvalue weighted by molar-refractivity contribution is 9.11. The summed E-state index contributed by atoms with van der Waals surface area (Å²) in [5.74, 6) is 0. The summed E-state index contributed by atoms with van der Waals surface area (Å²) in [6, 6.07) is 0. The quantitative estimate of drug-likeness (QED) is 0.590. The zero-order valence-electron chi connectivity index (χ0n) is 3.73. The van der Waals surface area contributed by atoms with E-state index in [2.05, 4.69) is 26.3 Å². The molecule has 0 aromatic carbocycles. The van der Waals surface area contributed by atoms with Crippen LogP contribution in [-0.2, 0) is 0 Å². The molecular formula is C4H3BrNS. The highest BCUT2D eigenvalue weighted by Gasteiger charge is 1.89. The van der Waals surface area contributed by atoms with Crippen molar-refractivity contribution >= 4 is 27.3 Å². The molecule has 1 aromatic rings. The molecule has 1 nitrogen and oxygen atoms in total. The largest absolute Gasteiger partial charge is 0.234 e. The Morgan fingerprint density at radius 2 is 2.57 bits per heavy atom. The summed E-state index contributed by atoms with van der Waals surface area (Å²) in [5.41, 5.74) is 0.955. The highest BCUT2D eigenvalue weighted by Crippen LogP contribution is 2.13. The van der Waals surface area contributed by atoms with E-state index in [1.165, 1.54) is 11.3 Å². The van der Waals surface area contributed by atoms with Gasteiger partial charge in [0.1, 0.15) is 0 Å². The van der Waals surface area contributed by atoms with E-state index in [1.54, 1.807) is 0 Å². The van der Waals surface area contributed by atoms with Crippen molar-refractivity contribution in [1.82, 2.24) is 4.98 Å². The minimum absolute atomic E-state index is 0.907. The molecule has 37 valence electrons. The molecule has 0 amide bonds. The number of thiazole rings is 1. The lowest BCUT2D eigenvalue weighted by Crippen LogP contribution is -1.63. The maximum absolute atomic E-state index is 3.99. The molecule has 0 aliphatic carbocycles. The lowest BCUT2D eigenvalue weighted by molar-refractivity contribution is 1.24. The molecule has 0 bridgehead atoms. The summed E-state index contributed by atoms with van der Waals surface area (Å²) in [5, 5.41) is 2.95. The van der Waals surface area contributed by atoms with E-state index in [-0.39, 0.29) is 0 Å². The topological polar surface area (TPSA) is 12.9 Å². The average Bonchev–Trinajstić information content (AvgIpc) is 1.87. The van der Waals surface area contributed by atoms with Gasteiger partial charge in [0.25, 0.3) is 0 Å². The van der Waals surface area contributed by atoms with Crippen LogP contribution in [0.1, 0.15) is 5.69 Å². The highest BCUT2D eigenvalue weighted by atomic mass is 79.9. The molecule has 0 saturated heterocycles. The molecule has 1 aromatic heterocycles. The summed E-state index contributed by atoms with van der Waals surface area (Å²) >= 11 is 4.69. The second-order valence-corrected chi connectivity index (χ2v) is 3.23. The molecule has 0 aliphatic rings. The molecule has 0 fully saturated rings. The van der Waals surface area contributed by atoms with Crippen molar-refractivity contribution in [3.8, 4) is 0 Å². The minimum Gasteiger partial charge on any atom is -0.234 e. The molecule has 3 heteroatoms. The Morgan fingerprint density at radius 3 is 2.71 bits per heavy atom. The monoisotopic (exact) mass is 176 g/mol. The molecule has 1 radical (unpaired) electrons. The van der Waals surface area contributed by atoms with Crippen molar-refractivity contribution in [2.45, 2.75) is 6.92 Å². The average molecular weight is 177 g/mol. The zero-order valence-corrected chi connectivity index (χ0v) is 6.14. The molecule has 0 N–H and O–H groups in total. The van der Waals surface area contributed by atoms with Gasteiger partial charge in [-0.25, -0.2) is 4.98 Å². The maximum Gasteiger partial charge on any atom is 0.159 e. The standard InChI is InChI=1S/C4H3BrNS/c1-3-2-7-4(5)6-3/h1H3. The second-order valence-electron chi connectivity index (χ2n) is 1.15. The Labute approximate surface area is 54.5 Å². The Bertz CT molecular complexity index is 144. The van der Waals surface area contributed by atoms with E-state index < -0.39 is 0 Å². The fourth-order valence-corrected chi connectivity index (χ4v) is 1.26. The van der Waals surface area contributed by atoms with Crippen molar-refractivity contribution in [3.05, 3.63) is 15.0 Å². The first-order valence-corrected chi connectivity index (χ1v) is 3.40. The molecule has 0 saturated carbocycles. The molecular weight excluding hydrogens is 174 g/mol. The van der Waals surface area contributed by atoms with E-state index in [0.29, 0.717) is 0 Å². The third-order valence-corrected chi connectivity index (χ3v) is 1.86. The summed E-state index contributed by atoms with van der Waals surface area (Å²) in [4.78, 5) is 3.99. The third kappa shape index (κ3) is 1.24. The van der Waals surface area contributed by atoms with Crippen molar-refractivity contribution < 1.29 is 0 Å². The lowest BCUT2D eigenvalue weighted by atomic mass is 10.6. The minimum atomic E-state index is 0.907. The van der Waals surface area contributed by atoms with Crippen LogP contribution in [0.15, 0.2) is 3.92 Å². The van der Waals surface area contributed by atoms with Crippen molar-refractivity contribution in [1.29, 1.82) is 0 Å². The SMILES string of the molecule is Cc1[c]sc(Br)n1. The fraction of sp³-hybridized carbons (Fsp3) is 0.250. The van der Waals surface area contributed by atoms with Crippen LogP contribution >= 0.6 is 27.3 Å². The van der Waals surface area contributed by atoms with Crippen molar-refractivity contribution in [3.63, 3.8) is 0 Å². The van der Waals surface area contributed by atoms with Gasteiger partial charge in [-0.05, 0) is 22.9 Å². The van der Waals surface area contributed by atoms with Gasteiger partial charge in [0.2, 0.25) is 0 Å². The number of rotatable bonds is 0. The van der Waals surface area contributed by atoms with Crippen LogP contribution in [0.5, 0.6) is 0 Å². The lowest BCUT2D eigenvalue weighted by Gasteiger charge is -1.68. The van der Waals surface area contributed by atoms with Gasteiger partial charge >= 0.3 is 0 Å². The number of hydrogen-bond acceptors (Lipinski definition) is 2. The summed E-state index contributed by atoms with van der Waals surface area (Å²) in [6.45, 7) is 1.92. The van der Waals surface area contributed by atoms with Crippen LogP contribution in [0, 0.1) is 12.3 Å². The first-order chi connectivity index (χ1) is 3.29. The van der Waals surface area contributed by atoms with Crippen molar-refractivity contribution in [2.24, 2.45) is 0 Å². The van der Waals surface area contributed by atoms with Gasteiger partial charge in [0.15, 0.2) is 3.92 Å². The molecule has 0 aliphatic heterocycles. The number of halogens is 1. The van der Waals surface area contributed by atoms with Gasteiger partial charge in [-0.3, -0.25) is 0 Å². The predicted molar refractivity (Wildman–Crippen MR) is 33.4 cm³/mol. The molecule has 1 heterocycles. The van der Waals surface area contributed by atoms with Gasteiger partial charge in [-0.2, -0.15) is 0 Å². The Balaban J connectivity index is 3.04. The molecule has 0 atom stereocenters. The van der Waals surface area contributed by atoms with Crippen LogP contribution in [-0.4, -0.2) is 4.98 Å². The predicted octanol–water partition coefficient (Wildman–Crippen LogP) is 2.01. The zero-order chi connectivity index (χ0) is 5.28. The van der Waals surface area contributed by atoms with Crippen LogP contribution in [0.25, 0.3) is 0 Å². The smallest absolute Gasteiger partial charge is 0.159 e. The van der Waals surface area contributed by atoms with E-state index in [4.69, 9.17) is 0 Å². The first kappa shape index (κ1) is 5.25. The Kier molecular flexibility index (Phi) is 1.44. The Morgan fingerprint density at radius 1 is 1.86 bits per heavy atom. The van der Waals surface area contributed by atoms with Crippen LogP contribution in [0.4, 0.5) is 0 Å². The van der Waals surface area contributed by atoms with Gasteiger partial charge < -0.3 is 0 Å². The van der Waals surface area contributed by atoms with Crippen LogP contribution < -0.4 is 0 Å². The molecule has 0 spiro atoms. The van der Waals surface area contributed by atoms with E-state index in [0.717, 1.165) is 9.61 Å².